The summed E-state index contributed by atoms with van der Waals surface area (Å²) in [4.78, 5) is 13.9. The highest BCUT2D eigenvalue weighted by atomic mass is 16.5. The number of anilines is 1. The van der Waals surface area contributed by atoms with Gasteiger partial charge in [0.1, 0.15) is 5.75 Å². The molecule has 0 fully saturated rings. The van der Waals surface area contributed by atoms with Gasteiger partial charge in [0, 0.05) is 32.9 Å². The minimum atomic E-state index is -0.157. The van der Waals surface area contributed by atoms with Crippen molar-refractivity contribution in [1.29, 1.82) is 0 Å². The minimum absolute atomic E-state index is 0.157. The highest BCUT2D eigenvalue weighted by molar-refractivity contribution is 5.73. The predicted molar refractivity (Wildman–Crippen MR) is 97.7 cm³/mol. The molecule has 0 aromatic heterocycles. The number of carbonyl (C=O) groups excluding carboxylic acids is 1. The molecule has 0 heterocycles. The van der Waals surface area contributed by atoms with Crippen molar-refractivity contribution in [3.8, 4) is 5.75 Å². The molecule has 2 rings (SSSR count). The van der Waals surface area contributed by atoms with Crippen molar-refractivity contribution in [3.63, 3.8) is 0 Å². The van der Waals surface area contributed by atoms with E-state index in [1.165, 1.54) is 11.3 Å². The Balaban J connectivity index is 1.69. The summed E-state index contributed by atoms with van der Waals surface area (Å²) >= 11 is 0. The first kappa shape index (κ1) is 17.7. The summed E-state index contributed by atoms with van der Waals surface area (Å²) in [5.41, 5.74) is 3.41. The maximum absolute atomic E-state index is 11.8. The average molecular weight is 327 g/mol. The third-order valence-corrected chi connectivity index (χ3v) is 3.76. The molecule has 0 aliphatic carbocycles. The smallest absolute Gasteiger partial charge is 0.315 e. The standard InChI is InChI=1S/C19H25N3O2/c1-22(2)17-8-4-15(5-9-17)12-13-20-19(23)21-14-16-6-10-18(24-3)11-7-16/h4-11H,12-14H2,1-3H3,(H2,20,21,23). The molecule has 0 saturated carbocycles. The Labute approximate surface area is 143 Å². The quantitative estimate of drug-likeness (QED) is 0.822. The Bertz CT molecular complexity index is 637. The van der Waals surface area contributed by atoms with E-state index in [2.05, 4.69) is 39.8 Å². The third kappa shape index (κ3) is 5.50. The lowest BCUT2D eigenvalue weighted by atomic mass is 10.1. The number of benzene rings is 2. The van der Waals surface area contributed by atoms with E-state index in [1.807, 2.05) is 38.4 Å². The van der Waals surface area contributed by atoms with Crippen LogP contribution in [-0.2, 0) is 13.0 Å². The first-order chi connectivity index (χ1) is 11.6. The van der Waals surface area contributed by atoms with Crippen molar-refractivity contribution in [2.75, 3.05) is 32.6 Å². The van der Waals surface area contributed by atoms with Crippen LogP contribution in [0.25, 0.3) is 0 Å². The van der Waals surface area contributed by atoms with Crippen LogP contribution in [0.4, 0.5) is 10.5 Å². The molecule has 5 nitrogen and oxygen atoms in total. The molecule has 5 heteroatoms. The number of hydrogen-bond acceptors (Lipinski definition) is 3. The largest absolute Gasteiger partial charge is 0.497 e. The van der Waals surface area contributed by atoms with Crippen molar-refractivity contribution in [2.24, 2.45) is 0 Å². The zero-order valence-electron chi connectivity index (χ0n) is 14.5. The maximum Gasteiger partial charge on any atom is 0.315 e. The van der Waals surface area contributed by atoms with Gasteiger partial charge in [0.15, 0.2) is 0 Å². The third-order valence-electron chi connectivity index (χ3n) is 3.76. The summed E-state index contributed by atoms with van der Waals surface area (Å²) in [7, 11) is 5.67. The van der Waals surface area contributed by atoms with E-state index in [4.69, 9.17) is 4.74 Å². The van der Waals surface area contributed by atoms with Crippen LogP contribution < -0.4 is 20.3 Å². The van der Waals surface area contributed by atoms with Gasteiger partial charge in [-0.2, -0.15) is 0 Å². The van der Waals surface area contributed by atoms with Crippen LogP contribution in [0.2, 0.25) is 0 Å². The number of ether oxygens (including phenoxy) is 1. The van der Waals surface area contributed by atoms with Crippen molar-refractivity contribution < 1.29 is 9.53 Å². The fourth-order valence-corrected chi connectivity index (χ4v) is 2.27. The maximum atomic E-state index is 11.8. The minimum Gasteiger partial charge on any atom is -0.497 e. The van der Waals surface area contributed by atoms with Gasteiger partial charge in [0.25, 0.3) is 0 Å². The average Bonchev–Trinajstić information content (AvgIpc) is 2.61. The fraction of sp³-hybridized carbons (Fsp3) is 0.316. The molecule has 0 bridgehead atoms. The molecule has 2 aromatic rings. The molecule has 0 atom stereocenters. The summed E-state index contributed by atoms with van der Waals surface area (Å²) in [6, 6.07) is 15.8. The SMILES string of the molecule is COc1ccc(CNC(=O)NCCc2ccc(N(C)C)cc2)cc1. The van der Waals surface area contributed by atoms with Crippen molar-refractivity contribution in [3.05, 3.63) is 59.7 Å². The van der Waals surface area contributed by atoms with E-state index >= 15 is 0 Å². The zero-order valence-corrected chi connectivity index (χ0v) is 14.5. The van der Waals surface area contributed by atoms with E-state index in [-0.39, 0.29) is 6.03 Å². The molecular formula is C19H25N3O2. The van der Waals surface area contributed by atoms with Crippen LogP contribution >= 0.6 is 0 Å². The van der Waals surface area contributed by atoms with Gasteiger partial charge in [-0.3, -0.25) is 0 Å². The Kier molecular flexibility index (Phi) is 6.49. The number of hydrogen-bond donors (Lipinski definition) is 2. The molecule has 0 unspecified atom stereocenters. The molecular weight excluding hydrogens is 302 g/mol. The monoisotopic (exact) mass is 327 g/mol. The van der Waals surface area contributed by atoms with E-state index in [1.54, 1.807) is 7.11 Å². The first-order valence-corrected chi connectivity index (χ1v) is 7.99. The Morgan fingerprint density at radius 3 is 2.17 bits per heavy atom. The van der Waals surface area contributed by atoms with Crippen LogP contribution in [0.15, 0.2) is 48.5 Å². The molecule has 2 N–H and O–H groups in total. The lowest BCUT2D eigenvalue weighted by Gasteiger charge is -2.13. The normalized spacial score (nSPS) is 10.1. The van der Waals surface area contributed by atoms with E-state index < -0.39 is 0 Å². The lowest BCUT2D eigenvalue weighted by molar-refractivity contribution is 0.240. The van der Waals surface area contributed by atoms with Gasteiger partial charge in [0.2, 0.25) is 0 Å². The fourth-order valence-electron chi connectivity index (χ4n) is 2.27. The summed E-state index contributed by atoms with van der Waals surface area (Å²) in [5, 5.41) is 5.73. The first-order valence-electron chi connectivity index (χ1n) is 7.99. The van der Waals surface area contributed by atoms with Crippen molar-refractivity contribution >= 4 is 11.7 Å². The molecule has 2 aromatic carbocycles. The highest BCUT2D eigenvalue weighted by Crippen LogP contribution is 2.12. The lowest BCUT2D eigenvalue weighted by Crippen LogP contribution is -2.36. The zero-order chi connectivity index (χ0) is 17.4. The number of carbonyl (C=O) groups is 1. The Morgan fingerprint density at radius 1 is 0.958 bits per heavy atom. The number of nitrogens with one attached hydrogen (secondary N) is 2. The van der Waals surface area contributed by atoms with Gasteiger partial charge < -0.3 is 20.3 Å². The summed E-state index contributed by atoms with van der Waals surface area (Å²) < 4.78 is 5.11. The molecule has 128 valence electrons. The Hall–Kier alpha value is -2.69. The van der Waals surface area contributed by atoms with Crippen LogP contribution in [-0.4, -0.2) is 33.8 Å². The van der Waals surface area contributed by atoms with Crippen molar-refractivity contribution in [2.45, 2.75) is 13.0 Å². The van der Waals surface area contributed by atoms with Crippen LogP contribution in [0, 0.1) is 0 Å². The van der Waals surface area contributed by atoms with E-state index in [0.717, 1.165) is 17.7 Å². The number of amides is 2. The van der Waals surface area contributed by atoms with Gasteiger partial charge >= 0.3 is 6.03 Å². The number of urea groups is 1. The number of rotatable bonds is 7. The van der Waals surface area contributed by atoms with E-state index in [0.29, 0.717) is 13.1 Å². The number of nitrogens with zero attached hydrogens (tertiary/aromatic N) is 1. The van der Waals surface area contributed by atoms with E-state index in [9.17, 15) is 4.79 Å². The molecule has 0 aliphatic rings. The molecule has 0 radical (unpaired) electrons. The Morgan fingerprint density at radius 2 is 1.58 bits per heavy atom. The summed E-state index contributed by atoms with van der Waals surface area (Å²) in [6.45, 7) is 1.10. The second kappa shape index (κ2) is 8.82. The number of methoxy groups -OCH3 is 1. The summed E-state index contributed by atoms with van der Waals surface area (Å²) in [6.07, 6.45) is 0.809. The molecule has 0 saturated heterocycles. The van der Waals surface area contributed by atoms with Gasteiger partial charge in [-0.1, -0.05) is 24.3 Å². The van der Waals surface area contributed by atoms with Gasteiger partial charge in [-0.15, -0.1) is 0 Å². The van der Waals surface area contributed by atoms with Gasteiger partial charge in [-0.25, -0.2) is 4.79 Å². The summed E-state index contributed by atoms with van der Waals surface area (Å²) in [5.74, 6) is 0.809. The second-order valence-electron chi connectivity index (χ2n) is 5.77. The molecule has 2 amide bonds. The predicted octanol–water partition coefficient (Wildman–Crippen LogP) is 2.80. The van der Waals surface area contributed by atoms with Gasteiger partial charge in [0.05, 0.1) is 7.11 Å². The molecule has 0 spiro atoms. The van der Waals surface area contributed by atoms with Gasteiger partial charge in [-0.05, 0) is 41.8 Å². The van der Waals surface area contributed by atoms with Crippen LogP contribution in [0.3, 0.4) is 0 Å². The second-order valence-corrected chi connectivity index (χ2v) is 5.77. The highest BCUT2D eigenvalue weighted by Gasteiger charge is 2.01. The topological polar surface area (TPSA) is 53.6 Å². The van der Waals surface area contributed by atoms with Crippen LogP contribution in [0.5, 0.6) is 5.75 Å². The molecule has 0 aliphatic heterocycles. The van der Waals surface area contributed by atoms with Crippen molar-refractivity contribution in [1.82, 2.24) is 10.6 Å². The van der Waals surface area contributed by atoms with Crippen LogP contribution in [0.1, 0.15) is 11.1 Å². The molecule has 24 heavy (non-hydrogen) atoms.